The molecule has 1 rings (SSSR count). The van der Waals surface area contributed by atoms with Crippen LogP contribution < -0.4 is 0 Å². The summed E-state index contributed by atoms with van der Waals surface area (Å²) in [6, 6.07) is 9.04. The number of hydrogen-bond acceptors (Lipinski definition) is 2. The summed E-state index contributed by atoms with van der Waals surface area (Å²) in [7, 11) is -4.91. The lowest BCUT2D eigenvalue weighted by Gasteiger charge is -2.17. The minimum atomic E-state index is -3.41. The molecule has 0 spiro atoms. The average molecular weight is 266 g/mol. The smallest absolute Gasteiger partial charge is 0.209 e. The van der Waals surface area contributed by atoms with Gasteiger partial charge >= 0.3 is 0 Å². The molecule has 0 saturated carbocycles. The first kappa shape index (κ1) is 14.0. The monoisotopic (exact) mass is 266 g/mol. The number of hydrogen-bond donors (Lipinski definition) is 0. The Morgan fingerprint density at radius 3 is 2.18 bits per heavy atom. The van der Waals surface area contributed by atoms with E-state index < -0.39 is 17.9 Å². The van der Waals surface area contributed by atoms with E-state index in [1.165, 1.54) is 0 Å². The van der Waals surface area contributed by atoms with E-state index in [9.17, 15) is 8.42 Å². The third-order valence-corrected chi connectivity index (χ3v) is 5.77. The molecular weight excluding hydrogens is 248 g/mol. The summed E-state index contributed by atoms with van der Waals surface area (Å²) in [4.78, 5) is 0.646. The van der Waals surface area contributed by atoms with Crippen LogP contribution in [0.4, 0.5) is 0 Å². The predicted molar refractivity (Wildman–Crippen MR) is 74.4 cm³/mol. The fraction of sp³-hybridized carbons (Fsp3) is 0.308. The zero-order valence-electron chi connectivity index (χ0n) is 10.5. The maximum absolute atomic E-state index is 12.3. The van der Waals surface area contributed by atoms with Gasteiger partial charge in [0.15, 0.2) is 0 Å². The summed E-state index contributed by atoms with van der Waals surface area (Å²) in [5.41, 5.74) is 2.61. The van der Waals surface area contributed by atoms with E-state index >= 15 is 0 Å². The second kappa shape index (κ2) is 5.04. The average Bonchev–Trinajstić information content (AvgIpc) is 2.25. The lowest BCUT2D eigenvalue weighted by atomic mass is 10.4. The zero-order chi connectivity index (χ0) is 13.1. The Kier molecular flexibility index (Phi) is 4.15. The van der Waals surface area contributed by atoms with Crippen LogP contribution in [-0.2, 0) is 9.84 Å². The van der Waals surface area contributed by atoms with Crippen LogP contribution in [0.5, 0.6) is 0 Å². The van der Waals surface area contributed by atoms with Crippen LogP contribution in [0.25, 0.3) is 0 Å². The summed E-state index contributed by atoms with van der Waals surface area (Å²) < 4.78 is 24.6. The molecule has 0 bridgehead atoms. The SMILES string of the molecule is C=C=C(C[Si](C)(C)C)S(=O)(=O)c1ccccc1. The fourth-order valence-corrected chi connectivity index (χ4v) is 5.61. The highest BCUT2D eigenvalue weighted by atomic mass is 32.2. The maximum Gasteiger partial charge on any atom is 0.209 e. The van der Waals surface area contributed by atoms with Gasteiger partial charge in [-0.3, -0.25) is 0 Å². The van der Waals surface area contributed by atoms with Crippen molar-refractivity contribution in [3.63, 3.8) is 0 Å². The van der Waals surface area contributed by atoms with Crippen LogP contribution >= 0.6 is 0 Å². The topological polar surface area (TPSA) is 34.1 Å². The molecular formula is C13H18O2SSi. The van der Waals surface area contributed by atoms with E-state index in [1.54, 1.807) is 30.3 Å². The van der Waals surface area contributed by atoms with Crippen LogP contribution in [0.3, 0.4) is 0 Å². The summed E-state index contributed by atoms with van der Waals surface area (Å²) in [5, 5.41) is 0. The quantitative estimate of drug-likeness (QED) is 0.618. The molecule has 0 amide bonds. The number of allylic oxidation sites excluding steroid dienone is 1. The van der Waals surface area contributed by atoms with Crippen molar-refractivity contribution < 1.29 is 8.42 Å². The van der Waals surface area contributed by atoms with E-state index in [1.807, 2.05) is 0 Å². The maximum atomic E-state index is 12.3. The molecule has 0 aliphatic rings. The fourth-order valence-electron chi connectivity index (χ4n) is 1.48. The summed E-state index contributed by atoms with van der Waals surface area (Å²) in [6.07, 6.45) is 0. The summed E-state index contributed by atoms with van der Waals surface area (Å²) in [6.45, 7) is 9.91. The predicted octanol–water partition coefficient (Wildman–Crippen LogP) is 3.47. The Bertz CT molecular complexity index is 533. The second-order valence-corrected chi connectivity index (χ2v) is 12.6. The molecule has 0 fully saturated rings. The molecule has 0 aliphatic heterocycles. The molecule has 0 radical (unpaired) electrons. The van der Waals surface area contributed by atoms with E-state index in [-0.39, 0.29) is 0 Å². The van der Waals surface area contributed by atoms with Gasteiger partial charge in [0.05, 0.1) is 17.9 Å². The lowest BCUT2D eigenvalue weighted by Crippen LogP contribution is -2.22. The lowest BCUT2D eigenvalue weighted by molar-refractivity contribution is 0.602. The number of benzene rings is 1. The van der Waals surface area contributed by atoms with Gasteiger partial charge in [0.25, 0.3) is 0 Å². The van der Waals surface area contributed by atoms with Gasteiger partial charge in [0.2, 0.25) is 9.84 Å². The number of rotatable bonds is 4. The molecule has 2 nitrogen and oxygen atoms in total. The highest BCUT2D eigenvalue weighted by molar-refractivity contribution is 7.95. The minimum absolute atomic E-state index is 0.322. The molecule has 1 aromatic rings. The van der Waals surface area contributed by atoms with E-state index in [4.69, 9.17) is 0 Å². The van der Waals surface area contributed by atoms with Gasteiger partial charge in [-0.25, -0.2) is 8.42 Å². The van der Waals surface area contributed by atoms with Crippen LogP contribution in [0.1, 0.15) is 0 Å². The number of sulfone groups is 1. The van der Waals surface area contributed by atoms with Crippen molar-refractivity contribution in [3.8, 4) is 0 Å². The van der Waals surface area contributed by atoms with E-state index in [2.05, 4.69) is 32.0 Å². The molecule has 0 heterocycles. The third-order valence-electron chi connectivity index (χ3n) is 2.27. The van der Waals surface area contributed by atoms with Crippen LogP contribution in [0.15, 0.2) is 52.4 Å². The molecule has 0 aliphatic carbocycles. The van der Waals surface area contributed by atoms with Crippen LogP contribution in [0, 0.1) is 0 Å². The van der Waals surface area contributed by atoms with Gasteiger partial charge in [-0.2, -0.15) is 0 Å². The van der Waals surface area contributed by atoms with Gasteiger partial charge in [0.1, 0.15) is 0 Å². The molecule has 0 unspecified atom stereocenters. The molecule has 4 heteroatoms. The van der Waals surface area contributed by atoms with Crippen LogP contribution in [-0.4, -0.2) is 16.5 Å². The van der Waals surface area contributed by atoms with Gasteiger partial charge in [-0.05, 0) is 18.2 Å². The zero-order valence-corrected chi connectivity index (χ0v) is 12.3. The molecule has 0 N–H and O–H groups in total. The molecule has 1 aromatic carbocycles. The third kappa shape index (κ3) is 3.70. The highest BCUT2D eigenvalue weighted by Crippen LogP contribution is 2.25. The van der Waals surface area contributed by atoms with Gasteiger partial charge in [-0.15, -0.1) is 5.73 Å². The minimum Gasteiger partial charge on any atom is -0.218 e. The van der Waals surface area contributed by atoms with Gasteiger partial charge in [-0.1, -0.05) is 44.4 Å². The van der Waals surface area contributed by atoms with Crippen molar-refractivity contribution in [3.05, 3.63) is 47.5 Å². The van der Waals surface area contributed by atoms with Crippen molar-refractivity contribution in [1.82, 2.24) is 0 Å². The van der Waals surface area contributed by atoms with Crippen molar-refractivity contribution in [2.45, 2.75) is 30.6 Å². The Hall–Kier alpha value is -1.09. The second-order valence-electron chi connectivity index (χ2n) is 5.15. The summed E-state index contributed by atoms with van der Waals surface area (Å²) in [5.74, 6) is 0. The molecule has 0 saturated heterocycles. The van der Waals surface area contributed by atoms with Gasteiger partial charge < -0.3 is 0 Å². The van der Waals surface area contributed by atoms with Crippen molar-refractivity contribution in [2.75, 3.05) is 0 Å². The van der Waals surface area contributed by atoms with Crippen molar-refractivity contribution in [1.29, 1.82) is 0 Å². The largest absolute Gasteiger partial charge is 0.218 e. The van der Waals surface area contributed by atoms with Gasteiger partial charge in [0, 0.05) is 0 Å². The standard InChI is InChI=1S/C13H18O2SSi/c1-5-12(11-17(2,3)4)16(14,15)13-9-7-6-8-10-13/h6-10H,1,11H2,2-4H3. The normalized spacial score (nSPS) is 11.9. The first-order valence-corrected chi connectivity index (χ1v) is 10.7. The van der Waals surface area contributed by atoms with E-state index in [0.717, 1.165) is 0 Å². The van der Waals surface area contributed by atoms with Crippen LogP contribution in [0.2, 0.25) is 25.7 Å². The van der Waals surface area contributed by atoms with Crippen molar-refractivity contribution in [2.24, 2.45) is 0 Å². The molecule has 92 valence electrons. The Labute approximate surface area is 105 Å². The highest BCUT2D eigenvalue weighted by Gasteiger charge is 2.25. The van der Waals surface area contributed by atoms with E-state index in [0.29, 0.717) is 15.8 Å². The Morgan fingerprint density at radius 2 is 1.76 bits per heavy atom. The first-order chi connectivity index (χ1) is 7.77. The molecule has 17 heavy (non-hydrogen) atoms. The molecule has 0 atom stereocenters. The Balaban J connectivity index is 3.19. The molecule has 0 aromatic heterocycles. The summed E-state index contributed by atoms with van der Waals surface area (Å²) >= 11 is 0. The first-order valence-electron chi connectivity index (χ1n) is 5.46. The Morgan fingerprint density at radius 1 is 1.24 bits per heavy atom. The van der Waals surface area contributed by atoms with Crippen molar-refractivity contribution >= 4 is 17.9 Å².